The standard InChI is InChI=1S/C18H36N4/c1-4-19-18(20-11-6-5-9-16(2)3)22-14-10-17(15-22)21-12-7-8-13-21/h16-17H,4-15H2,1-3H3,(H,19,20). The number of hydrogen-bond donors (Lipinski definition) is 1. The Bertz CT molecular complexity index is 334. The fourth-order valence-electron chi connectivity index (χ4n) is 3.61. The summed E-state index contributed by atoms with van der Waals surface area (Å²) < 4.78 is 0. The quantitative estimate of drug-likeness (QED) is 0.446. The summed E-state index contributed by atoms with van der Waals surface area (Å²) in [7, 11) is 0. The highest BCUT2D eigenvalue weighted by Gasteiger charge is 2.30. The Morgan fingerprint density at radius 1 is 1.18 bits per heavy atom. The second kappa shape index (κ2) is 9.39. The molecule has 0 bridgehead atoms. The molecule has 4 nitrogen and oxygen atoms in total. The highest BCUT2D eigenvalue weighted by molar-refractivity contribution is 5.80. The van der Waals surface area contributed by atoms with Gasteiger partial charge in [0.2, 0.25) is 0 Å². The number of rotatable bonds is 7. The molecular formula is C18H36N4. The first-order valence-electron chi connectivity index (χ1n) is 9.48. The number of unbranched alkanes of at least 4 members (excludes halogenated alkanes) is 1. The zero-order valence-corrected chi connectivity index (χ0v) is 15.0. The normalized spacial score (nSPS) is 23.7. The van der Waals surface area contributed by atoms with Crippen LogP contribution in [0.25, 0.3) is 0 Å². The monoisotopic (exact) mass is 308 g/mol. The number of hydrogen-bond acceptors (Lipinski definition) is 2. The summed E-state index contributed by atoms with van der Waals surface area (Å²) in [5, 5.41) is 3.49. The lowest BCUT2D eigenvalue weighted by Gasteiger charge is -2.25. The van der Waals surface area contributed by atoms with Crippen LogP contribution >= 0.6 is 0 Å². The first-order chi connectivity index (χ1) is 10.7. The summed E-state index contributed by atoms with van der Waals surface area (Å²) in [6.45, 7) is 13.7. The van der Waals surface area contributed by atoms with Crippen LogP contribution in [0.5, 0.6) is 0 Å². The van der Waals surface area contributed by atoms with Crippen LogP contribution in [0.3, 0.4) is 0 Å². The van der Waals surface area contributed by atoms with E-state index in [2.05, 4.69) is 35.9 Å². The molecule has 1 unspecified atom stereocenters. The van der Waals surface area contributed by atoms with Gasteiger partial charge in [0.1, 0.15) is 0 Å². The molecule has 2 heterocycles. The van der Waals surface area contributed by atoms with Crippen LogP contribution in [0, 0.1) is 5.92 Å². The highest BCUT2D eigenvalue weighted by atomic mass is 15.3. The average molecular weight is 309 g/mol. The zero-order chi connectivity index (χ0) is 15.8. The smallest absolute Gasteiger partial charge is 0.193 e. The van der Waals surface area contributed by atoms with E-state index < -0.39 is 0 Å². The van der Waals surface area contributed by atoms with Crippen LogP contribution in [0.4, 0.5) is 0 Å². The molecule has 4 heteroatoms. The summed E-state index contributed by atoms with van der Waals surface area (Å²) in [4.78, 5) is 10.0. The third-order valence-corrected chi connectivity index (χ3v) is 4.91. The van der Waals surface area contributed by atoms with Crippen molar-refractivity contribution >= 4 is 5.96 Å². The van der Waals surface area contributed by atoms with Gasteiger partial charge in [0, 0.05) is 32.2 Å². The molecule has 2 aliphatic rings. The van der Waals surface area contributed by atoms with Gasteiger partial charge in [0.25, 0.3) is 0 Å². The van der Waals surface area contributed by atoms with E-state index in [-0.39, 0.29) is 0 Å². The van der Waals surface area contributed by atoms with Crippen LogP contribution in [0.2, 0.25) is 0 Å². The SMILES string of the molecule is CCNC(=NCCCCC(C)C)N1CCC(N2CCCC2)C1. The highest BCUT2D eigenvalue weighted by Crippen LogP contribution is 2.20. The van der Waals surface area contributed by atoms with Gasteiger partial charge in [-0.2, -0.15) is 0 Å². The maximum Gasteiger partial charge on any atom is 0.193 e. The molecule has 0 aromatic heterocycles. The van der Waals surface area contributed by atoms with Crippen LogP contribution in [0.1, 0.15) is 59.3 Å². The van der Waals surface area contributed by atoms with E-state index in [1.807, 2.05) is 0 Å². The van der Waals surface area contributed by atoms with E-state index in [1.165, 1.54) is 58.2 Å². The zero-order valence-electron chi connectivity index (χ0n) is 15.0. The van der Waals surface area contributed by atoms with Gasteiger partial charge < -0.3 is 10.2 Å². The maximum absolute atomic E-state index is 4.87. The number of guanidine groups is 1. The molecular weight excluding hydrogens is 272 g/mol. The van der Waals surface area contributed by atoms with E-state index in [4.69, 9.17) is 4.99 Å². The van der Waals surface area contributed by atoms with E-state index in [1.54, 1.807) is 0 Å². The minimum atomic E-state index is 0.757. The lowest BCUT2D eigenvalue weighted by Crippen LogP contribution is -2.42. The molecule has 22 heavy (non-hydrogen) atoms. The molecule has 0 radical (unpaired) electrons. The number of aliphatic imine (C=N–C) groups is 1. The third kappa shape index (κ3) is 5.45. The van der Waals surface area contributed by atoms with Crippen molar-refractivity contribution in [1.29, 1.82) is 0 Å². The first-order valence-corrected chi connectivity index (χ1v) is 9.48. The molecule has 0 aromatic carbocycles. The van der Waals surface area contributed by atoms with Crippen LogP contribution in [-0.2, 0) is 0 Å². The van der Waals surface area contributed by atoms with Crippen LogP contribution in [0.15, 0.2) is 4.99 Å². The average Bonchev–Trinajstić information content (AvgIpc) is 3.16. The van der Waals surface area contributed by atoms with Gasteiger partial charge in [0.15, 0.2) is 5.96 Å². The molecule has 0 spiro atoms. The summed E-state index contributed by atoms with van der Waals surface area (Å²) in [5.74, 6) is 1.96. The molecule has 0 amide bonds. The van der Waals surface area contributed by atoms with E-state index in [9.17, 15) is 0 Å². The molecule has 2 rings (SSSR count). The molecule has 0 saturated carbocycles. The Morgan fingerprint density at radius 3 is 2.64 bits per heavy atom. The van der Waals surface area contributed by atoms with Gasteiger partial charge in [0.05, 0.1) is 0 Å². The van der Waals surface area contributed by atoms with Gasteiger partial charge >= 0.3 is 0 Å². The van der Waals surface area contributed by atoms with Crippen LogP contribution in [-0.4, -0.2) is 61.1 Å². The minimum absolute atomic E-state index is 0.757. The van der Waals surface area contributed by atoms with Gasteiger partial charge in [-0.1, -0.05) is 26.7 Å². The summed E-state index contributed by atoms with van der Waals surface area (Å²) in [6, 6.07) is 0.757. The Morgan fingerprint density at radius 2 is 1.95 bits per heavy atom. The van der Waals surface area contributed by atoms with Crippen molar-refractivity contribution in [3.05, 3.63) is 0 Å². The molecule has 128 valence electrons. The Hall–Kier alpha value is -0.770. The minimum Gasteiger partial charge on any atom is -0.357 e. The van der Waals surface area contributed by atoms with Gasteiger partial charge in [-0.05, 0) is 51.6 Å². The lowest BCUT2D eigenvalue weighted by atomic mass is 10.1. The number of nitrogens with one attached hydrogen (secondary N) is 1. The van der Waals surface area contributed by atoms with Crippen molar-refractivity contribution in [3.8, 4) is 0 Å². The fraction of sp³-hybridized carbons (Fsp3) is 0.944. The number of nitrogens with zero attached hydrogens (tertiary/aromatic N) is 3. The third-order valence-electron chi connectivity index (χ3n) is 4.91. The van der Waals surface area contributed by atoms with Crippen molar-refractivity contribution in [2.24, 2.45) is 10.9 Å². The lowest BCUT2D eigenvalue weighted by molar-refractivity contribution is 0.249. The first kappa shape index (κ1) is 17.6. The predicted molar refractivity (Wildman–Crippen MR) is 95.5 cm³/mol. The maximum atomic E-state index is 4.87. The van der Waals surface area contributed by atoms with Crippen molar-refractivity contribution in [3.63, 3.8) is 0 Å². The molecule has 0 aromatic rings. The Labute approximate surface area is 137 Å². The Kier molecular flexibility index (Phi) is 7.50. The van der Waals surface area contributed by atoms with Gasteiger partial charge in [-0.25, -0.2) is 0 Å². The topological polar surface area (TPSA) is 30.9 Å². The van der Waals surface area contributed by atoms with E-state index in [0.29, 0.717) is 0 Å². The molecule has 0 aliphatic carbocycles. The largest absolute Gasteiger partial charge is 0.357 e. The van der Waals surface area contributed by atoms with Crippen LogP contribution < -0.4 is 5.32 Å². The Balaban J connectivity index is 1.77. The summed E-state index contributed by atoms with van der Waals surface area (Å²) in [5.41, 5.74) is 0. The van der Waals surface area contributed by atoms with Crippen molar-refractivity contribution in [1.82, 2.24) is 15.1 Å². The van der Waals surface area contributed by atoms with Crippen molar-refractivity contribution < 1.29 is 0 Å². The molecule has 2 saturated heterocycles. The molecule has 2 aliphatic heterocycles. The fourth-order valence-corrected chi connectivity index (χ4v) is 3.61. The molecule has 1 N–H and O–H groups in total. The van der Waals surface area contributed by atoms with E-state index >= 15 is 0 Å². The van der Waals surface area contributed by atoms with Gasteiger partial charge in [-0.15, -0.1) is 0 Å². The summed E-state index contributed by atoms with van der Waals surface area (Å²) >= 11 is 0. The molecule has 2 fully saturated rings. The van der Waals surface area contributed by atoms with E-state index in [0.717, 1.165) is 37.6 Å². The predicted octanol–water partition coefficient (Wildman–Crippen LogP) is 2.95. The van der Waals surface area contributed by atoms with Crippen molar-refractivity contribution in [2.75, 3.05) is 39.3 Å². The second-order valence-electron chi connectivity index (χ2n) is 7.26. The summed E-state index contributed by atoms with van der Waals surface area (Å²) in [6.07, 6.45) is 7.93. The molecule has 1 atom stereocenters. The number of likely N-dealkylation sites (tertiary alicyclic amines) is 2. The van der Waals surface area contributed by atoms with Crippen molar-refractivity contribution in [2.45, 2.75) is 65.3 Å². The second-order valence-corrected chi connectivity index (χ2v) is 7.26. The van der Waals surface area contributed by atoms with Gasteiger partial charge in [-0.3, -0.25) is 9.89 Å².